The first-order valence-electron chi connectivity index (χ1n) is 11.1. The summed E-state index contributed by atoms with van der Waals surface area (Å²) in [5.41, 5.74) is 8.42. The molecule has 1 aliphatic rings. The number of imidazole rings is 1. The van der Waals surface area contributed by atoms with Crippen molar-refractivity contribution < 1.29 is 9.59 Å². The number of aromatic nitrogens is 2. The van der Waals surface area contributed by atoms with Gasteiger partial charge in [0, 0.05) is 25.2 Å². The van der Waals surface area contributed by atoms with Gasteiger partial charge in [-0.25, -0.2) is 4.98 Å². The molecule has 3 N–H and O–H groups in total. The number of likely N-dealkylation sites (tertiary alicyclic amines) is 1. The molecule has 1 aromatic carbocycles. The van der Waals surface area contributed by atoms with Crippen LogP contribution in [0.5, 0.6) is 0 Å². The molecule has 0 radical (unpaired) electrons. The molecule has 0 spiro atoms. The molecule has 0 saturated carbocycles. The number of carbonyl (C=O) groups is 2. The first kappa shape index (κ1) is 22.0. The number of nitrogens with two attached hydrogens (primary N) is 1. The summed E-state index contributed by atoms with van der Waals surface area (Å²) in [6.45, 7) is 6.90. The highest BCUT2D eigenvalue weighted by atomic mass is 16.2. The van der Waals surface area contributed by atoms with Crippen LogP contribution < -0.4 is 11.1 Å². The quantitative estimate of drug-likeness (QED) is 0.662. The van der Waals surface area contributed by atoms with E-state index in [1.165, 1.54) is 0 Å². The van der Waals surface area contributed by atoms with E-state index in [4.69, 9.17) is 5.73 Å². The first-order valence-corrected chi connectivity index (χ1v) is 11.1. The molecule has 2 aromatic heterocycles. The van der Waals surface area contributed by atoms with Gasteiger partial charge in [-0.3, -0.25) is 9.59 Å². The normalized spacial score (nSPS) is 20.2. The standard InChI is InChI=1S/C25H31N5O2/c1-25(2,3)22(26)23(31)28-20-15-29(13-11-18(20)17-8-5-4-6-9-17)24(32)19-10-7-12-30-16-27-14-21(19)30/h4-10,12,14,16,18,20,22H,11,13,15,26H2,1-3H3,(H,28,31)/t18-,20+,22-/m1/s1. The van der Waals surface area contributed by atoms with Crippen LogP contribution in [0.2, 0.25) is 0 Å². The predicted octanol–water partition coefficient (Wildman–Crippen LogP) is 2.82. The molecular weight excluding hydrogens is 402 g/mol. The van der Waals surface area contributed by atoms with Gasteiger partial charge in [-0.15, -0.1) is 0 Å². The summed E-state index contributed by atoms with van der Waals surface area (Å²) in [6, 6.07) is 13.0. The molecule has 3 heterocycles. The van der Waals surface area contributed by atoms with E-state index in [1.807, 2.05) is 66.6 Å². The molecule has 1 aliphatic heterocycles. The average Bonchev–Trinajstić information content (AvgIpc) is 3.27. The maximum Gasteiger partial charge on any atom is 0.256 e. The lowest BCUT2D eigenvalue weighted by molar-refractivity contribution is -0.125. The van der Waals surface area contributed by atoms with Gasteiger partial charge in [-0.05, 0) is 29.5 Å². The van der Waals surface area contributed by atoms with Crippen LogP contribution in [0.25, 0.3) is 5.52 Å². The van der Waals surface area contributed by atoms with Crippen molar-refractivity contribution >= 4 is 17.3 Å². The fourth-order valence-corrected chi connectivity index (χ4v) is 4.35. The predicted molar refractivity (Wildman–Crippen MR) is 124 cm³/mol. The van der Waals surface area contributed by atoms with Crippen LogP contribution in [0.1, 0.15) is 49.0 Å². The lowest BCUT2D eigenvalue weighted by Crippen LogP contribution is -2.58. The number of pyridine rings is 1. The number of hydrogen-bond acceptors (Lipinski definition) is 4. The van der Waals surface area contributed by atoms with Gasteiger partial charge in [0.15, 0.2) is 0 Å². The minimum Gasteiger partial charge on any atom is -0.350 e. The zero-order valence-electron chi connectivity index (χ0n) is 18.9. The minimum atomic E-state index is -0.634. The smallest absolute Gasteiger partial charge is 0.256 e. The summed E-state index contributed by atoms with van der Waals surface area (Å²) in [5, 5.41) is 3.17. The Balaban J connectivity index is 1.59. The number of fused-ring (bicyclic) bond motifs is 1. The summed E-state index contributed by atoms with van der Waals surface area (Å²) in [6.07, 6.45) is 6.02. The van der Waals surface area contributed by atoms with Crippen molar-refractivity contribution in [2.45, 2.75) is 45.2 Å². The number of nitrogens with zero attached hydrogens (tertiary/aromatic N) is 3. The Bertz CT molecular complexity index is 1100. The summed E-state index contributed by atoms with van der Waals surface area (Å²) < 4.78 is 1.84. The zero-order valence-corrected chi connectivity index (χ0v) is 18.9. The lowest BCUT2D eigenvalue weighted by Gasteiger charge is -2.40. The van der Waals surface area contributed by atoms with Crippen molar-refractivity contribution in [3.8, 4) is 0 Å². The topological polar surface area (TPSA) is 92.7 Å². The van der Waals surface area contributed by atoms with Crippen molar-refractivity contribution in [2.24, 2.45) is 11.1 Å². The minimum absolute atomic E-state index is 0.0537. The van der Waals surface area contributed by atoms with Gasteiger partial charge >= 0.3 is 0 Å². The lowest BCUT2D eigenvalue weighted by atomic mass is 9.83. The largest absolute Gasteiger partial charge is 0.350 e. The number of nitrogens with one attached hydrogen (secondary N) is 1. The second kappa shape index (κ2) is 8.74. The molecule has 4 rings (SSSR count). The monoisotopic (exact) mass is 433 g/mol. The van der Waals surface area contributed by atoms with E-state index in [-0.39, 0.29) is 29.2 Å². The Hall–Kier alpha value is -3.19. The number of hydrogen-bond donors (Lipinski definition) is 2. The molecule has 2 amide bonds. The van der Waals surface area contributed by atoms with Crippen LogP contribution in [0, 0.1) is 5.41 Å². The zero-order chi connectivity index (χ0) is 22.9. The van der Waals surface area contributed by atoms with E-state index in [9.17, 15) is 9.59 Å². The van der Waals surface area contributed by atoms with E-state index in [1.54, 1.807) is 12.5 Å². The number of piperidine rings is 1. The highest BCUT2D eigenvalue weighted by Gasteiger charge is 2.36. The van der Waals surface area contributed by atoms with Gasteiger partial charge < -0.3 is 20.4 Å². The average molecular weight is 434 g/mol. The molecule has 7 heteroatoms. The van der Waals surface area contributed by atoms with E-state index in [0.29, 0.717) is 18.7 Å². The number of rotatable bonds is 4. The Morgan fingerprint density at radius 2 is 1.91 bits per heavy atom. The summed E-state index contributed by atoms with van der Waals surface area (Å²) >= 11 is 0. The molecule has 0 bridgehead atoms. The maximum atomic E-state index is 13.4. The highest BCUT2D eigenvalue weighted by Crippen LogP contribution is 2.30. The van der Waals surface area contributed by atoms with Crippen molar-refractivity contribution in [3.05, 3.63) is 72.3 Å². The molecule has 3 aromatic rings. The van der Waals surface area contributed by atoms with Crippen molar-refractivity contribution in [1.29, 1.82) is 0 Å². The second-order valence-electron chi connectivity index (χ2n) is 9.62. The van der Waals surface area contributed by atoms with E-state index in [0.717, 1.165) is 17.5 Å². The SMILES string of the molecule is CC(C)(C)[C@H](N)C(=O)N[C@H]1CN(C(=O)c2cccn3cncc23)CC[C@@H]1c1ccccc1. The molecule has 0 unspecified atom stereocenters. The molecule has 1 fully saturated rings. The van der Waals surface area contributed by atoms with Gasteiger partial charge in [0.05, 0.1) is 35.7 Å². The Kier molecular flexibility index (Phi) is 6.02. The third-order valence-corrected chi connectivity index (χ3v) is 6.35. The van der Waals surface area contributed by atoms with E-state index in [2.05, 4.69) is 22.4 Å². The van der Waals surface area contributed by atoms with E-state index < -0.39 is 6.04 Å². The summed E-state index contributed by atoms with van der Waals surface area (Å²) in [4.78, 5) is 32.4. The summed E-state index contributed by atoms with van der Waals surface area (Å²) in [5.74, 6) is -0.125. The van der Waals surface area contributed by atoms with Gasteiger partial charge in [0.25, 0.3) is 5.91 Å². The van der Waals surface area contributed by atoms with Crippen LogP contribution in [-0.4, -0.2) is 51.3 Å². The Morgan fingerprint density at radius 3 is 2.62 bits per heavy atom. The Labute approximate surface area is 188 Å². The maximum absolute atomic E-state index is 13.4. The van der Waals surface area contributed by atoms with Crippen LogP contribution >= 0.6 is 0 Å². The third-order valence-electron chi connectivity index (χ3n) is 6.35. The van der Waals surface area contributed by atoms with Crippen LogP contribution in [0.15, 0.2) is 61.2 Å². The molecule has 0 aliphatic carbocycles. The Morgan fingerprint density at radius 1 is 1.16 bits per heavy atom. The van der Waals surface area contributed by atoms with Crippen molar-refractivity contribution in [2.75, 3.05) is 13.1 Å². The highest BCUT2D eigenvalue weighted by molar-refractivity contribution is 6.00. The fraction of sp³-hybridized carbons (Fsp3) is 0.400. The molecular formula is C25H31N5O2. The fourth-order valence-electron chi connectivity index (χ4n) is 4.35. The van der Waals surface area contributed by atoms with Crippen LogP contribution in [0.4, 0.5) is 0 Å². The van der Waals surface area contributed by atoms with Crippen LogP contribution in [0.3, 0.4) is 0 Å². The number of benzene rings is 1. The molecule has 168 valence electrons. The first-order chi connectivity index (χ1) is 15.3. The molecule has 1 saturated heterocycles. The second-order valence-corrected chi connectivity index (χ2v) is 9.62. The van der Waals surface area contributed by atoms with Gasteiger partial charge in [0.2, 0.25) is 5.91 Å². The van der Waals surface area contributed by atoms with Gasteiger partial charge in [0.1, 0.15) is 0 Å². The van der Waals surface area contributed by atoms with Gasteiger partial charge in [-0.2, -0.15) is 0 Å². The number of amides is 2. The van der Waals surface area contributed by atoms with Gasteiger partial charge in [-0.1, -0.05) is 51.1 Å². The van der Waals surface area contributed by atoms with Crippen molar-refractivity contribution in [1.82, 2.24) is 19.6 Å². The molecule has 32 heavy (non-hydrogen) atoms. The van der Waals surface area contributed by atoms with Crippen molar-refractivity contribution in [3.63, 3.8) is 0 Å². The summed E-state index contributed by atoms with van der Waals surface area (Å²) in [7, 11) is 0. The molecule has 3 atom stereocenters. The number of carbonyl (C=O) groups excluding carboxylic acids is 2. The van der Waals surface area contributed by atoms with E-state index >= 15 is 0 Å². The third kappa shape index (κ3) is 4.39. The molecule has 7 nitrogen and oxygen atoms in total. The van der Waals surface area contributed by atoms with Crippen LogP contribution in [-0.2, 0) is 4.79 Å².